The minimum atomic E-state index is -1.49. The monoisotopic (exact) mass is 286 g/mol. The molecule has 6 heteroatoms. The quantitative estimate of drug-likeness (QED) is 0.795. The number of rotatable bonds is 4. The molecule has 2 aromatic carbocycles. The molecular formula is C15H10O6. The summed E-state index contributed by atoms with van der Waals surface area (Å²) in [4.78, 5) is 33.9. The van der Waals surface area contributed by atoms with Crippen LogP contribution >= 0.6 is 0 Å². The molecule has 0 fully saturated rings. The van der Waals surface area contributed by atoms with Crippen LogP contribution in [-0.2, 0) is 0 Å². The summed E-state index contributed by atoms with van der Waals surface area (Å²) < 4.78 is 0. The second-order valence-electron chi connectivity index (χ2n) is 4.19. The summed E-state index contributed by atoms with van der Waals surface area (Å²) >= 11 is 0. The van der Waals surface area contributed by atoms with Crippen molar-refractivity contribution >= 4 is 17.9 Å². The fourth-order valence-electron chi connectivity index (χ4n) is 2.09. The van der Waals surface area contributed by atoms with Crippen LogP contribution in [0.2, 0.25) is 0 Å². The van der Waals surface area contributed by atoms with Crippen LogP contribution in [-0.4, -0.2) is 33.2 Å². The number of hydrogen-bond donors (Lipinski definition) is 3. The molecular weight excluding hydrogens is 276 g/mol. The van der Waals surface area contributed by atoms with Gasteiger partial charge < -0.3 is 15.3 Å². The smallest absolute Gasteiger partial charge is 0.337 e. The van der Waals surface area contributed by atoms with Crippen LogP contribution in [0.25, 0.3) is 11.1 Å². The first-order chi connectivity index (χ1) is 9.93. The third kappa shape index (κ3) is 2.59. The van der Waals surface area contributed by atoms with E-state index in [4.69, 9.17) is 5.11 Å². The highest BCUT2D eigenvalue weighted by molar-refractivity contribution is 6.11. The Hall–Kier alpha value is -3.15. The van der Waals surface area contributed by atoms with Gasteiger partial charge in [-0.15, -0.1) is 0 Å². The van der Waals surface area contributed by atoms with Gasteiger partial charge in [-0.05, 0) is 17.7 Å². The summed E-state index contributed by atoms with van der Waals surface area (Å²) in [6.07, 6.45) is 0. The van der Waals surface area contributed by atoms with Gasteiger partial charge in [0.15, 0.2) is 0 Å². The van der Waals surface area contributed by atoms with Gasteiger partial charge in [0.1, 0.15) is 0 Å². The molecule has 0 aliphatic rings. The highest BCUT2D eigenvalue weighted by Crippen LogP contribution is 2.30. The third-order valence-corrected chi connectivity index (χ3v) is 2.94. The summed E-state index contributed by atoms with van der Waals surface area (Å²) in [5.74, 6) is -4.25. The molecule has 0 aliphatic carbocycles. The first-order valence-corrected chi connectivity index (χ1v) is 5.85. The van der Waals surface area contributed by atoms with Gasteiger partial charge in [0.05, 0.1) is 16.7 Å². The third-order valence-electron chi connectivity index (χ3n) is 2.94. The van der Waals surface area contributed by atoms with Crippen LogP contribution in [0.5, 0.6) is 0 Å². The van der Waals surface area contributed by atoms with E-state index in [0.29, 0.717) is 5.56 Å². The summed E-state index contributed by atoms with van der Waals surface area (Å²) in [5, 5.41) is 27.6. The molecule has 0 spiro atoms. The fraction of sp³-hybridized carbons (Fsp3) is 0. The molecule has 3 N–H and O–H groups in total. The van der Waals surface area contributed by atoms with Crippen LogP contribution in [0, 0.1) is 0 Å². The molecule has 21 heavy (non-hydrogen) atoms. The Kier molecular flexibility index (Phi) is 3.71. The first kappa shape index (κ1) is 14.3. The van der Waals surface area contributed by atoms with E-state index >= 15 is 0 Å². The van der Waals surface area contributed by atoms with Gasteiger partial charge in [-0.25, -0.2) is 14.4 Å². The SMILES string of the molecule is O=C(O)c1ccc(C(=O)O)c(-c2ccccc2)c1C(=O)O. The Morgan fingerprint density at radius 1 is 0.667 bits per heavy atom. The lowest BCUT2D eigenvalue weighted by Crippen LogP contribution is -2.13. The number of carboxylic acids is 3. The van der Waals surface area contributed by atoms with Crippen LogP contribution in [0.1, 0.15) is 31.1 Å². The van der Waals surface area contributed by atoms with Crippen molar-refractivity contribution in [2.24, 2.45) is 0 Å². The molecule has 0 heterocycles. The van der Waals surface area contributed by atoms with E-state index in [1.807, 2.05) is 0 Å². The summed E-state index contributed by atoms with van der Waals surface area (Å²) in [6.45, 7) is 0. The molecule has 106 valence electrons. The molecule has 0 bridgehead atoms. The molecule has 0 aliphatic heterocycles. The Labute approximate surface area is 118 Å². The fourth-order valence-corrected chi connectivity index (χ4v) is 2.09. The zero-order valence-electron chi connectivity index (χ0n) is 10.6. The Balaban J connectivity index is 2.92. The van der Waals surface area contributed by atoms with E-state index in [1.165, 1.54) is 12.1 Å². The van der Waals surface area contributed by atoms with Crippen molar-refractivity contribution in [3.63, 3.8) is 0 Å². The van der Waals surface area contributed by atoms with Crippen molar-refractivity contribution in [1.82, 2.24) is 0 Å². The van der Waals surface area contributed by atoms with Gasteiger partial charge in [0.25, 0.3) is 0 Å². The van der Waals surface area contributed by atoms with Crippen molar-refractivity contribution in [1.29, 1.82) is 0 Å². The zero-order chi connectivity index (χ0) is 15.6. The predicted molar refractivity (Wildman–Crippen MR) is 72.8 cm³/mol. The van der Waals surface area contributed by atoms with Crippen molar-refractivity contribution in [2.75, 3.05) is 0 Å². The number of benzene rings is 2. The number of hydrogen-bond acceptors (Lipinski definition) is 3. The van der Waals surface area contributed by atoms with Gasteiger partial charge in [-0.1, -0.05) is 30.3 Å². The van der Waals surface area contributed by atoms with E-state index in [9.17, 15) is 24.6 Å². The lowest BCUT2D eigenvalue weighted by atomic mass is 9.90. The molecule has 0 amide bonds. The van der Waals surface area contributed by atoms with Gasteiger partial charge in [-0.2, -0.15) is 0 Å². The largest absolute Gasteiger partial charge is 0.478 e. The average molecular weight is 286 g/mol. The molecule has 2 rings (SSSR count). The highest BCUT2D eigenvalue weighted by Gasteiger charge is 2.26. The summed E-state index contributed by atoms with van der Waals surface area (Å²) in [5.41, 5.74) is -1.03. The number of aromatic carboxylic acids is 3. The molecule has 0 radical (unpaired) electrons. The standard InChI is InChI=1S/C15H10O6/c16-13(17)9-6-7-10(14(18)19)12(15(20)21)11(9)8-4-2-1-3-5-8/h1-7H,(H,16,17)(H,18,19)(H,20,21). The minimum absolute atomic E-state index is 0.115. The second-order valence-corrected chi connectivity index (χ2v) is 4.19. The lowest BCUT2D eigenvalue weighted by molar-refractivity contribution is 0.0650. The topological polar surface area (TPSA) is 112 Å². The van der Waals surface area contributed by atoms with Crippen molar-refractivity contribution < 1.29 is 29.7 Å². The van der Waals surface area contributed by atoms with Crippen molar-refractivity contribution in [2.45, 2.75) is 0 Å². The van der Waals surface area contributed by atoms with E-state index in [1.54, 1.807) is 18.2 Å². The maximum atomic E-state index is 11.4. The zero-order valence-corrected chi connectivity index (χ0v) is 10.6. The van der Waals surface area contributed by atoms with Crippen LogP contribution in [0.4, 0.5) is 0 Å². The molecule has 2 aromatic rings. The first-order valence-electron chi connectivity index (χ1n) is 5.85. The minimum Gasteiger partial charge on any atom is -0.478 e. The van der Waals surface area contributed by atoms with Gasteiger partial charge in [0, 0.05) is 5.56 Å². The molecule has 0 saturated heterocycles. The average Bonchev–Trinajstić information content (AvgIpc) is 2.46. The van der Waals surface area contributed by atoms with Crippen LogP contribution < -0.4 is 0 Å². The van der Waals surface area contributed by atoms with Crippen LogP contribution in [0.3, 0.4) is 0 Å². The number of carboxylic acid groups (broad SMARTS) is 3. The molecule has 0 atom stereocenters. The second kappa shape index (κ2) is 5.46. The predicted octanol–water partition coefficient (Wildman–Crippen LogP) is 2.45. The van der Waals surface area contributed by atoms with Crippen molar-refractivity contribution in [3.05, 3.63) is 59.2 Å². The van der Waals surface area contributed by atoms with Gasteiger partial charge >= 0.3 is 17.9 Å². The van der Waals surface area contributed by atoms with E-state index < -0.39 is 29.0 Å². The Bertz CT molecular complexity index is 733. The summed E-state index contributed by atoms with van der Waals surface area (Å²) in [7, 11) is 0. The Morgan fingerprint density at radius 3 is 1.67 bits per heavy atom. The Morgan fingerprint density at radius 2 is 1.19 bits per heavy atom. The van der Waals surface area contributed by atoms with Gasteiger partial charge in [0.2, 0.25) is 0 Å². The van der Waals surface area contributed by atoms with E-state index in [0.717, 1.165) is 12.1 Å². The molecule has 0 aromatic heterocycles. The number of carbonyl (C=O) groups is 3. The summed E-state index contributed by atoms with van der Waals surface area (Å²) in [6, 6.07) is 10.0. The maximum Gasteiger partial charge on any atom is 0.337 e. The lowest BCUT2D eigenvalue weighted by Gasteiger charge is -2.12. The van der Waals surface area contributed by atoms with Crippen molar-refractivity contribution in [3.8, 4) is 11.1 Å². The van der Waals surface area contributed by atoms with Gasteiger partial charge in [-0.3, -0.25) is 0 Å². The van der Waals surface area contributed by atoms with Crippen LogP contribution in [0.15, 0.2) is 42.5 Å². The molecule has 6 nitrogen and oxygen atoms in total. The van der Waals surface area contributed by atoms with E-state index in [-0.39, 0.29) is 11.1 Å². The maximum absolute atomic E-state index is 11.4. The normalized spacial score (nSPS) is 10.1. The van der Waals surface area contributed by atoms with E-state index in [2.05, 4.69) is 0 Å². The highest BCUT2D eigenvalue weighted by atomic mass is 16.4. The molecule has 0 saturated carbocycles. The molecule has 0 unspecified atom stereocenters.